The molecule has 1 aromatic heterocycles. The summed E-state index contributed by atoms with van der Waals surface area (Å²) in [6.07, 6.45) is 7.02. The van der Waals surface area contributed by atoms with E-state index >= 15 is 0 Å². The second kappa shape index (κ2) is 21.1. The first-order valence-corrected chi connectivity index (χ1v) is 22.8. The largest absolute Gasteiger partial charge is 0.741 e. The quantitative estimate of drug-likeness (QED) is 0.0811. The molecule has 0 atom stereocenters. The zero-order valence-electron chi connectivity index (χ0n) is 32.1. The second-order valence-corrected chi connectivity index (χ2v) is 17.9. The number of nitrogens with one attached hydrogen (secondary N) is 1. The van der Waals surface area contributed by atoms with Crippen molar-refractivity contribution in [3.63, 3.8) is 0 Å². The van der Waals surface area contributed by atoms with Crippen LogP contribution in [0.15, 0.2) is 169 Å². The smallest absolute Gasteiger partial charge is 0.485 e. The van der Waals surface area contributed by atoms with E-state index in [0.717, 1.165) is 13.0 Å². The van der Waals surface area contributed by atoms with Gasteiger partial charge in [-0.1, -0.05) is 121 Å². The number of aryl methyl sites for hydroxylation is 1. The number of allylic oxidation sites excluding steroid dienone is 2. The van der Waals surface area contributed by atoms with E-state index in [0.29, 0.717) is 0 Å². The van der Waals surface area contributed by atoms with Crippen LogP contribution in [0.1, 0.15) is 23.1 Å². The Hall–Kier alpha value is -5.43. The predicted octanol–water partition coefficient (Wildman–Crippen LogP) is 8.78. The molecular weight excluding hydrogens is 893 g/mol. The molecular formula is C45H35F6NO6S4. The predicted molar refractivity (Wildman–Crippen MR) is 230 cm³/mol. The third-order valence-electron chi connectivity index (χ3n) is 8.75. The molecule has 0 unspecified atom stereocenters. The molecule has 6 aromatic rings. The van der Waals surface area contributed by atoms with Crippen molar-refractivity contribution in [1.29, 1.82) is 0 Å². The molecule has 1 N–H and O–H groups in total. The Morgan fingerprint density at radius 3 is 1.56 bits per heavy atom. The number of fused-ring (bicyclic) bond motifs is 1. The van der Waals surface area contributed by atoms with Crippen molar-refractivity contribution in [2.75, 3.05) is 6.54 Å². The van der Waals surface area contributed by atoms with E-state index in [1.165, 1.54) is 70.6 Å². The van der Waals surface area contributed by atoms with E-state index in [-0.39, 0.29) is 0 Å². The molecule has 2 aliphatic rings. The zero-order chi connectivity index (χ0) is 45.0. The molecule has 0 aliphatic carbocycles. The van der Waals surface area contributed by atoms with Gasteiger partial charge in [0.15, 0.2) is 25.6 Å². The van der Waals surface area contributed by atoms with Crippen molar-refractivity contribution in [3.05, 3.63) is 196 Å². The van der Waals surface area contributed by atoms with Crippen molar-refractivity contribution in [2.24, 2.45) is 0 Å². The Balaban J connectivity index is 0.000000182. The first kappa shape index (κ1) is 47.6. The number of thioether (sulfide) groups is 1. The molecule has 2 aliphatic heterocycles. The standard InChI is InChI=1S/C26H21NS.C17H13S.2CHF3O3S/c1-3-8-19(9-4-1)23-17-25(20-10-5-2-6-11-20)28-26(18-23)22-13-14-24-21(16-22)12-7-15-27-24;1-3-7-14(8-4-1)16-11-12-18-17(13-16)15-9-5-2-6-10-15;2*2-1(3,4)8(5,6)7/h1-6,8-11,13-14,16-18H,7,12,15H2;1-13H;2*(H,5,6,7)/q;+1;;/p-1. The van der Waals surface area contributed by atoms with Gasteiger partial charge < -0.3 is 9.11 Å². The molecule has 3 heterocycles. The van der Waals surface area contributed by atoms with Gasteiger partial charge in [-0.05, 0) is 75.9 Å². The molecule has 62 heavy (non-hydrogen) atoms. The highest BCUT2D eigenvalue weighted by Gasteiger charge is 2.37. The molecule has 0 bridgehead atoms. The lowest BCUT2D eigenvalue weighted by molar-refractivity contribution is -0.505. The van der Waals surface area contributed by atoms with Gasteiger partial charge in [-0.2, -0.15) is 26.3 Å². The van der Waals surface area contributed by atoms with Gasteiger partial charge in [-0.15, -0.1) is 0 Å². The summed E-state index contributed by atoms with van der Waals surface area (Å²) in [6, 6.07) is 53.7. The van der Waals surface area contributed by atoms with Crippen molar-refractivity contribution in [1.82, 2.24) is 0 Å². The van der Waals surface area contributed by atoms with E-state index in [4.69, 9.17) is 25.9 Å². The fourth-order valence-corrected chi connectivity index (χ4v) is 7.72. The lowest BCUT2D eigenvalue weighted by Gasteiger charge is -2.17. The van der Waals surface area contributed by atoms with Gasteiger partial charge >= 0.3 is 11.0 Å². The number of rotatable bonds is 4. The highest BCUT2D eigenvalue weighted by molar-refractivity contribution is 8.16. The highest BCUT2D eigenvalue weighted by atomic mass is 32.2. The SMILES string of the molecule is C1=C(c2ccccc2)C=C(c2ccccc2)SC1=c1ccc2c(c1)CCC[NH+]=2.O=S(=O)([O-])C(F)(F)F.O=S(=O)([O-])C(F)(F)F.c1ccc(-c2cc[s+]c(-c3ccccc3)c2)cc1. The van der Waals surface area contributed by atoms with Gasteiger partial charge in [-0.25, -0.2) is 21.8 Å². The van der Waals surface area contributed by atoms with Crippen molar-refractivity contribution in [2.45, 2.75) is 23.9 Å². The molecule has 322 valence electrons. The summed E-state index contributed by atoms with van der Waals surface area (Å²) in [4.78, 5) is 7.43. The molecule has 0 amide bonds. The average molecular weight is 928 g/mol. The van der Waals surface area contributed by atoms with Crippen LogP contribution in [-0.4, -0.2) is 43.5 Å². The third kappa shape index (κ3) is 13.8. The van der Waals surface area contributed by atoms with E-state index < -0.39 is 31.3 Å². The van der Waals surface area contributed by atoms with Crippen LogP contribution < -0.4 is 15.6 Å². The Labute approximate surface area is 362 Å². The van der Waals surface area contributed by atoms with Crippen LogP contribution in [0.4, 0.5) is 26.3 Å². The Bertz CT molecular complexity index is 2760. The number of hydrogen-bond donors (Lipinski definition) is 1. The normalized spacial score (nSPS) is 14.6. The van der Waals surface area contributed by atoms with Crippen molar-refractivity contribution >= 4 is 58.7 Å². The van der Waals surface area contributed by atoms with Gasteiger partial charge in [0, 0.05) is 45.6 Å². The van der Waals surface area contributed by atoms with Crippen LogP contribution in [0.3, 0.4) is 0 Å². The zero-order valence-corrected chi connectivity index (χ0v) is 35.4. The highest BCUT2D eigenvalue weighted by Crippen LogP contribution is 2.42. The van der Waals surface area contributed by atoms with Gasteiger partial charge in [-0.3, -0.25) is 0 Å². The van der Waals surface area contributed by atoms with Crippen LogP contribution in [0.25, 0.3) is 37.0 Å². The minimum absolute atomic E-state index is 1.08. The Morgan fingerprint density at radius 1 is 0.565 bits per heavy atom. The fraction of sp³-hybridized carbons (Fsp3) is 0.111. The molecule has 0 fully saturated rings. The van der Waals surface area contributed by atoms with Crippen LogP contribution in [-0.2, 0) is 26.7 Å². The number of alkyl halides is 6. The third-order valence-corrected chi connectivity index (χ3v) is 11.9. The summed E-state index contributed by atoms with van der Waals surface area (Å²) < 4.78 is 118. The molecule has 0 saturated heterocycles. The summed E-state index contributed by atoms with van der Waals surface area (Å²) in [5.74, 6) is 0. The van der Waals surface area contributed by atoms with Crippen LogP contribution in [0, 0.1) is 0 Å². The van der Waals surface area contributed by atoms with Crippen molar-refractivity contribution < 1.29 is 57.3 Å². The van der Waals surface area contributed by atoms with Gasteiger partial charge in [0.1, 0.15) is 6.54 Å². The Kier molecular flexibility index (Phi) is 16.2. The molecule has 0 saturated carbocycles. The molecule has 0 spiro atoms. The summed E-state index contributed by atoms with van der Waals surface area (Å²) in [5.41, 5.74) is -2.25. The van der Waals surface area contributed by atoms with E-state index in [1.807, 2.05) is 17.8 Å². The first-order valence-electron chi connectivity index (χ1n) is 18.3. The average Bonchev–Trinajstić information content (AvgIpc) is 3.27. The maximum absolute atomic E-state index is 10.7. The van der Waals surface area contributed by atoms with Crippen LogP contribution >= 0.6 is 23.1 Å². The fourth-order valence-electron chi connectivity index (χ4n) is 5.78. The van der Waals surface area contributed by atoms with Crippen molar-refractivity contribution in [3.8, 4) is 21.6 Å². The Morgan fingerprint density at radius 2 is 1.05 bits per heavy atom. The monoisotopic (exact) mass is 927 g/mol. The summed E-state index contributed by atoms with van der Waals surface area (Å²) in [7, 11) is -12.2. The lowest BCUT2D eigenvalue weighted by Crippen LogP contribution is -2.79. The lowest BCUT2D eigenvalue weighted by atomic mass is 10.0. The van der Waals surface area contributed by atoms with Gasteiger partial charge in [0.05, 0.1) is 0 Å². The maximum atomic E-state index is 10.7. The molecule has 5 aromatic carbocycles. The van der Waals surface area contributed by atoms with E-state index in [1.54, 1.807) is 11.3 Å². The van der Waals surface area contributed by atoms with Crippen LogP contribution in [0.5, 0.6) is 0 Å². The van der Waals surface area contributed by atoms with E-state index in [9.17, 15) is 26.3 Å². The number of benzene rings is 5. The second-order valence-electron chi connectivity index (χ2n) is 13.1. The van der Waals surface area contributed by atoms with Gasteiger partial charge in [0.2, 0.25) is 21.6 Å². The minimum atomic E-state index is -6.09. The summed E-state index contributed by atoms with van der Waals surface area (Å²) in [6.45, 7) is 1.08. The number of hydrogen-bond acceptors (Lipinski definition) is 7. The molecule has 7 nitrogen and oxygen atoms in total. The van der Waals surface area contributed by atoms with Crippen LogP contribution in [0.2, 0.25) is 0 Å². The summed E-state index contributed by atoms with van der Waals surface area (Å²) >= 11 is 3.64. The minimum Gasteiger partial charge on any atom is -0.741 e. The maximum Gasteiger partial charge on any atom is 0.485 e. The molecule has 0 radical (unpaired) electrons. The topological polar surface area (TPSA) is 128 Å². The first-order chi connectivity index (χ1) is 29.3. The van der Waals surface area contributed by atoms with E-state index in [2.05, 4.69) is 168 Å². The number of halogens is 6. The van der Waals surface area contributed by atoms with Gasteiger partial charge in [0.25, 0.3) is 0 Å². The summed E-state index contributed by atoms with van der Waals surface area (Å²) in [5, 5.41) is 4.76. The molecule has 8 rings (SSSR count). The molecule has 17 heteroatoms.